The number of H-pyrrole nitrogens is 1. The summed E-state index contributed by atoms with van der Waals surface area (Å²) in [4.78, 5) is 15.1. The normalized spacial score (nSPS) is 11.3. The fourth-order valence-corrected chi connectivity index (χ4v) is 2.82. The number of nitrogens with zero attached hydrogens (tertiary/aromatic N) is 2. The molecule has 9 heteroatoms. The van der Waals surface area contributed by atoms with E-state index in [-0.39, 0.29) is 23.5 Å². The van der Waals surface area contributed by atoms with Crippen molar-refractivity contribution < 1.29 is 17.9 Å². The molecule has 3 N–H and O–H groups in total. The van der Waals surface area contributed by atoms with Crippen molar-refractivity contribution in [3.8, 4) is 0 Å². The zero-order valence-corrected chi connectivity index (χ0v) is 12.1. The Bertz CT molecular complexity index is 737. The van der Waals surface area contributed by atoms with E-state index in [2.05, 4.69) is 15.2 Å². The van der Waals surface area contributed by atoms with E-state index in [9.17, 15) is 13.2 Å². The third kappa shape index (κ3) is 3.57. The SMILES string of the molecule is CCOC(=O)c1ccc(CS(=O)(=O)c2nc(N)n[nH]2)cc1. The van der Waals surface area contributed by atoms with Crippen molar-refractivity contribution in [2.45, 2.75) is 17.8 Å². The van der Waals surface area contributed by atoms with Crippen LogP contribution in [0.3, 0.4) is 0 Å². The minimum absolute atomic E-state index is 0.133. The van der Waals surface area contributed by atoms with Gasteiger partial charge in [-0.2, -0.15) is 4.98 Å². The highest BCUT2D eigenvalue weighted by Crippen LogP contribution is 2.14. The Morgan fingerprint density at radius 1 is 1.33 bits per heavy atom. The Labute approximate surface area is 121 Å². The van der Waals surface area contributed by atoms with Gasteiger partial charge in [-0.15, -0.1) is 5.10 Å². The predicted octanol–water partition coefficient (Wildman–Crippen LogP) is 0.537. The summed E-state index contributed by atoms with van der Waals surface area (Å²) in [5.74, 6) is -0.855. The summed E-state index contributed by atoms with van der Waals surface area (Å²) in [5, 5.41) is 5.46. The van der Waals surface area contributed by atoms with E-state index in [1.807, 2.05) is 0 Å². The summed E-state index contributed by atoms with van der Waals surface area (Å²) in [6.07, 6.45) is 0. The molecule has 0 radical (unpaired) electrons. The number of hydrogen-bond acceptors (Lipinski definition) is 7. The fourth-order valence-electron chi connectivity index (χ4n) is 1.64. The smallest absolute Gasteiger partial charge is 0.338 e. The minimum atomic E-state index is -3.66. The molecule has 0 aliphatic carbocycles. The van der Waals surface area contributed by atoms with Crippen LogP contribution in [0.25, 0.3) is 0 Å². The first-order chi connectivity index (χ1) is 9.92. The molecule has 0 spiro atoms. The van der Waals surface area contributed by atoms with Gasteiger partial charge in [-0.1, -0.05) is 12.1 Å². The van der Waals surface area contributed by atoms with Crippen LogP contribution in [-0.2, 0) is 20.3 Å². The average molecular weight is 310 g/mol. The highest BCUT2D eigenvalue weighted by atomic mass is 32.2. The predicted molar refractivity (Wildman–Crippen MR) is 74.1 cm³/mol. The van der Waals surface area contributed by atoms with Gasteiger partial charge in [0.15, 0.2) is 0 Å². The number of sulfone groups is 1. The third-order valence-corrected chi connectivity index (χ3v) is 4.08. The molecular formula is C12H14N4O4S. The molecule has 112 valence electrons. The Morgan fingerprint density at radius 2 is 2.00 bits per heavy atom. The lowest BCUT2D eigenvalue weighted by Gasteiger charge is -2.04. The number of nitrogen functional groups attached to an aromatic ring is 1. The van der Waals surface area contributed by atoms with Crippen LogP contribution in [0.2, 0.25) is 0 Å². The van der Waals surface area contributed by atoms with Crippen LogP contribution < -0.4 is 5.73 Å². The zero-order chi connectivity index (χ0) is 15.5. The number of rotatable bonds is 5. The van der Waals surface area contributed by atoms with E-state index in [1.54, 1.807) is 19.1 Å². The van der Waals surface area contributed by atoms with E-state index in [0.29, 0.717) is 11.1 Å². The van der Waals surface area contributed by atoms with E-state index in [1.165, 1.54) is 12.1 Å². The van der Waals surface area contributed by atoms with Gasteiger partial charge in [-0.05, 0) is 24.6 Å². The molecule has 2 aromatic rings. The molecule has 0 unspecified atom stereocenters. The van der Waals surface area contributed by atoms with Crippen molar-refractivity contribution in [3.05, 3.63) is 35.4 Å². The van der Waals surface area contributed by atoms with Crippen molar-refractivity contribution in [2.75, 3.05) is 12.3 Å². The molecule has 8 nitrogen and oxygen atoms in total. The number of ether oxygens (including phenoxy) is 1. The van der Waals surface area contributed by atoms with E-state index in [4.69, 9.17) is 10.5 Å². The first-order valence-electron chi connectivity index (χ1n) is 6.09. The molecule has 0 aliphatic rings. The average Bonchev–Trinajstić information content (AvgIpc) is 2.87. The summed E-state index contributed by atoms with van der Waals surface area (Å²) in [6, 6.07) is 6.11. The standard InChI is InChI=1S/C12H14N4O4S/c1-2-20-10(17)9-5-3-8(4-6-9)7-21(18,19)12-14-11(13)15-16-12/h3-6H,2,7H2,1H3,(H3,13,14,15,16). The van der Waals surface area contributed by atoms with Crippen molar-refractivity contribution in [1.82, 2.24) is 15.2 Å². The molecule has 0 amide bonds. The van der Waals surface area contributed by atoms with Crippen LogP contribution in [0, 0.1) is 0 Å². The van der Waals surface area contributed by atoms with E-state index < -0.39 is 15.8 Å². The largest absolute Gasteiger partial charge is 0.462 e. The van der Waals surface area contributed by atoms with Crippen LogP contribution in [0.15, 0.2) is 29.4 Å². The Balaban J connectivity index is 2.15. The summed E-state index contributed by atoms with van der Waals surface area (Å²) in [6.45, 7) is 1.99. The molecule has 21 heavy (non-hydrogen) atoms. The number of esters is 1. The van der Waals surface area contributed by atoms with Gasteiger partial charge in [0.25, 0.3) is 0 Å². The van der Waals surface area contributed by atoms with Crippen molar-refractivity contribution in [1.29, 1.82) is 0 Å². The molecule has 0 saturated carbocycles. The second kappa shape index (κ2) is 5.92. The molecule has 0 aliphatic heterocycles. The first kappa shape index (κ1) is 15.0. The molecule has 2 rings (SSSR count). The van der Waals surface area contributed by atoms with E-state index in [0.717, 1.165) is 0 Å². The minimum Gasteiger partial charge on any atom is -0.462 e. The number of nitrogens with one attached hydrogen (secondary N) is 1. The maximum absolute atomic E-state index is 12.1. The quantitative estimate of drug-likeness (QED) is 0.771. The summed E-state index contributed by atoms with van der Waals surface area (Å²) in [7, 11) is -3.66. The molecule has 0 fully saturated rings. The number of nitrogens with two attached hydrogens (primary N) is 1. The number of anilines is 1. The number of aromatic nitrogens is 3. The van der Waals surface area contributed by atoms with Gasteiger partial charge in [-0.25, -0.2) is 18.3 Å². The van der Waals surface area contributed by atoms with Gasteiger partial charge in [-0.3, -0.25) is 0 Å². The Morgan fingerprint density at radius 3 is 2.52 bits per heavy atom. The number of hydrogen-bond donors (Lipinski definition) is 2. The first-order valence-corrected chi connectivity index (χ1v) is 7.74. The van der Waals surface area contributed by atoms with Crippen molar-refractivity contribution in [2.24, 2.45) is 0 Å². The molecule has 0 atom stereocenters. The highest BCUT2D eigenvalue weighted by molar-refractivity contribution is 7.90. The molecule has 1 heterocycles. The lowest BCUT2D eigenvalue weighted by Crippen LogP contribution is -2.08. The Kier molecular flexibility index (Phi) is 4.22. The molecule has 0 saturated heterocycles. The van der Waals surface area contributed by atoms with Gasteiger partial charge < -0.3 is 10.5 Å². The maximum Gasteiger partial charge on any atom is 0.338 e. The van der Waals surface area contributed by atoms with Crippen LogP contribution in [0.4, 0.5) is 5.95 Å². The zero-order valence-electron chi connectivity index (χ0n) is 11.2. The van der Waals surface area contributed by atoms with Gasteiger partial charge in [0, 0.05) is 0 Å². The van der Waals surface area contributed by atoms with Gasteiger partial charge in [0.2, 0.25) is 20.9 Å². The number of aromatic amines is 1. The van der Waals surface area contributed by atoms with Crippen molar-refractivity contribution in [3.63, 3.8) is 0 Å². The molecule has 0 bridgehead atoms. The molecule has 1 aromatic heterocycles. The van der Waals surface area contributed by atoms with Gasteiger partial charge in [0.05, 0.1) is 17.9 Å². The number of benzene rings is 1. The second-order valence-corrected chi connectivity index (χ2v) is 6.08. The summed E-state index contributed by atoms with van der Waals surface area (Å²) in [5.41, 5.74) is 6.16. The lowest BCUT2D eigenvalue weighted by molar-refractivity contribution is 0.0526. The third-order valence-electron chi connectivity index (χ3n) is 2.60. The molecular weight excluding hydrogens is 296 g/mol. The monoisotopic (exact) mass is 310 g/mol. The van der Waals surface area contributed by atoms with Crippen molar-refractivity contribution >= 4 is 21.8 Å². The van der Waals surface area contributed by atoms with Crippen LogP contribution in [0.1, 0.15) is 22.8 Å². The summed E-state index contributed by atoms with van der Waals surface area (Å²) < 4.78 is 29.0. The van der Waals surface area contributed by atoms with E-state index >= 15 is 0 Å². The van der Waals surface area contributed by atoms with Gasteiger partial charge >= 0.3 is 5.97 Å². The van der Waals surface area contributed by atoms with Crippen LogP contribution in [-0.4, -0.2) is 36.2 Å². The second-order valence-electron chi connectivity index (χ2n) is 4.18. The fraction of sp³-hybridized carbons (Fsp3) is 0.250. The summed E-state index contributed by atoms with van der Waals surface area (Å²) >= 11 is 0. The number of carbonyl (C=O) groups excluding carboxylic acids is 1. The highest BCUT2D eigenvalue weighted by Gasteiger charge is 2.20. The Hall–Kier alpha value is -2.42. The van der Waals surface area contributed by atoms with Gasteiger partial charge in [0.1, 0.15) is 0 Å². The maximum atomic E-state index is 12.1. The lowest BCUT2D eigenvalue weighted by atomic mass is 10.1. The van der Waals surface area contributed by atoms with Crippen LogP contribution >= 0.6 is 0 Å². The van der Waals surface area contributed by atoms with Crippen LogP contribution in [0.5, 0.6) is 0 Å². The number of carbonyl (C=O) groups is 1. The topological polar surface area (TPSA) is 128 Å². The molecule has 1 aromatic carbocycles.